The Balaban J connectivity index is 1.44. The molecule has 0 radical (unpaired) electrons. The van der Waals surface area contributed by atoms with Gasteiger partial charge in [-0.15, -0.1) is 0 Å². The van der Waals surface area contributed by atoms with Gasteiger partial charge in [0, 0.05) is 5.56 Å². The number of ketones is 1. The highest BCUT2D eigenvalue weighted by atomic mass is 16.6. The van der Waals surface area contributed by atoms with E-state index in [0.29, 0.717) is 22.6 Å². The zero-order valence-electron chi connectivity index (χ0n) is 19.4. The summed E-state index contributed by atoms with van der Waals surface area (Å²) in [5, 5.41) is 0. The Morgan fingerprint density at radius 1 is 0.657 bits per heavy atom. The molecule has 0 aliphatic heterocycles. The first-order valence-corrected chi connectivity index (χ1v) is 11.0. The summed E-state index contributed by atoms with van der Waals surface area (Å²) in [5.74, 6) is 0.695. The van der Waals surface area contributed by atoms with Crippen molar-refractivity contribution in [1.82, 2.24) is 0 Å². The van der Waals surface area contributed by atoms with Gasteiger partial charge in [0.25, 0.3) is 0 Å². The minimum absolute atomic E-state index is 0.112. The lowest BCUT2D eigenvalue weighted by atomic mass is 10.0. The van der Waals surface area contributed by atoms with Crippen LogP contribution in [0.25, 0.3) is 17.2 Å². The molecule has 35 heavy (non-hydrogen) atoms. The van der Waals surface area contributed by atoms with E-state index in [-0.39, 0.29) is 11.5 Å². The van der Waals surface area contributed by atoms with Crippen LogP contribution in [-0.4, -0.2) is 26.0 Å². The van der Waals surface area contributed by atoms with Crippen molar-refractivity contribution in [3.05, 3.63) is 120 Å². The van der Waals surface area contributed by atoms with Gasteiger partial charge in [0.2, 0.25) is 0 Å². The molecule has 0 fully saturated rings. The smallest absolute Gasteiger partial charge is 0.343 e. The maximum absolute atomic E-state index is 12.6. The maximum Gasteiger partial charge on any atom is 0.343 e. The minimum atomic E-state index is -0.511. The molecule has 0 aromatic heterocycles. The van der Waals surface area contributed by atoms with Gasteiger partial charge in [0.1, 0.15) is 5.75 Å². The highest BCUT2D eigenvalue weighted by molar-refractivity contribution is 6.07. The fourth-order valence-electron chi connectivity index (χ4n) is 3.48. The molecule has 4 aromatic carbocycles. The number of ether oxygens (including phenoxy) is 3. The molecule has 174 valence electrons. The van der Waals surface area contributed by atoms with Crippen molar-refractivity contribution in [2.75, 3.05) is 14.2 Å². The van der Waals surface area contributed by atoms with Crippen molar-refractivity contribution in [3.63, 3.8) is 0 Å². The van der Waals surface area contributed by atoms with E-state index in [0.717, 1.165) is 16.7 Å². The van der Waals surface area contributed by atoms with E-state index in [1.54, 1.807) is 55.7 Å². The number of benzene rings is 4. The summed E-state index contributed by atoms with van der Waals surface area (Å²) in [4.78, 5) is 25.1. The monoisotopic (exact) mass is 464 g/mol. The second-order valence-corrected chi connectivity index (χ2v) is 7.67. The summed E-state index contributed by atoms with van der Waals surface area (Å²) in [6.45, 7) is 0. The van der Waals surface area contributed by atoms with Crippen LogP contribution < -0.4 is 14.2 Å². The van der Waals surface area contributed by atoms with Crippen LogP contribution in [0.5, 0.6) is 17.2 Å². The van der Waals surface area contributed by atoms with Gasteiger partial charge in [-0.3, -0.25) is 4.79 Å². The van der Waals surface area contributed by atoms with E-state index < -0.39 is 5.97 Å². The first-order valence-electron chi connectivity index (χ1n) is 11.0. The van der Waals surface area contributed by atoms with Gasteiger partial charge in [-0.1, -0.05) is 66.7 Å². The van der Waals surface area contributed by atoms with Crippen molar-refractivity contribution >= 4 is 17.8 Å². The molecule has 0 bridgehead atoms. The Hall–Kier alpha value is -4.64. The van der Waals surface area contributed by atoms with E-state index in [4.69, 9.17) is 14.2 Å². The summed E-state index contributed by atoms with van der Waals surface area (Å²) in [6, 6.07) is 29.2. The number of allylic oxidation sites excluding steroid dienone is 1. The first-order chi connectivity index (χ1) is 17.1. The molecule has 0 unspecified atom stereocenters. The second-order valence-electron chi connectivity index (χ2n) is 7.67. The molecule has 0 spiro atoms. The molecule has 0 saturated heterocycles. The third kappa shape index (κ3) is 5.84. The van der Waals surface area contributed by atoms with Gasteiger partial charge in [-0.2, -0.15) is 0 Å². The average molecular weight is 465 g/mol. The lowest BCUT2D eigenvalue weighted by Crippen LogP contribution is -2.09. The third-order valence-corrected chi connectivity index (χ3v) is 5.42. The molecule has 5 heteroatoms. The Kier molecular flexibility index (Phi) is 7.38. The molecule has 4 aromatic rings. The van der Waals surface area contributed by atoms with Gasteiger partial charge in [-0.05, 0) is 59.2 Å². The second kappa shape index (κ2) is 11.0. The SMILES string of the molecule is COc1ccc(C(=O)Oc2ccc(/C=C/C(=O)c3ccc(-c4ccccc4)cc3)cc2OC)cc1. The topological polar surface area (TPSA) is 61.8 Å². The Labute approximate surface area is 204 Å². The molecule has 0 amide bonds. The zero-order chi connectivity index (χ0) is 24.6. The van der Waals surface area contributed by atoms with Crippen LogP contribution in [0.4, 0.5) is 0 Å². The molecule has 0 heterocycles. The van der Waals surface area contributed by atoms with E-state index in [1.165, 1.54) is 13.2 Å². The van der Waals surface area contributed by atoms with E-state index in [9.17, 15) is 9.59 Å². The van der Waals surface area contributed by atoms with Crippen molar-refractivity contribution < 1.29 is 23.8 Å². The van der Waals surface area contributed by atoms with Crippen molar-refractivity contribution in [2.45, 2.75) is 0 Å². The molecular formula is C30H24O5. The van der Waals surface area contributed by atoms with Crippen molar-refractivity contribution in [3.8, 4) is 28.4 Å². The largest absolute Gasteiger partial charge is 0.497 e. The van der Waals surface area contributed by atoms with Crippen LogP contribution >= 0.6 is 0 Å². The fourth-order valence-corrected chi connectivity index (χ4v) is 3.48. The highest BCUT2D eigenvalue weighted by Gasteiger charge is 2.13. The predicted molar refractivity (Wildman–Crippen MR) is 136 cm³/mol. The van der Waals surface area contributed by atoms with Crippen LogP contribution in [-0.2, 0) is 0 Å². The Bertz CT molecular complexity index is 1340. The summed E-state index contributed by atoms with van der Waals surface area (Å²) < 4.78 is 16.0. The molecule has 0 saturated carbocycles. The predicted octanol–water partition coefficient (Wildman–Crippen LogP) is 6.49. The standard InChI is InChI=1S/C30H24O5/c1-33-26-16-14-25(15-17-26)30(32)35-28-19-9-21(20-29(28)34-2)8-18-27(31)24-12-10-23(11-13-24)22-6-4-3-5-7-22/h3-20H,1-2H3/b18-8+. The quantitative estimate of drug-likeness (QED) is 0.129. The summed E-state index contributed by atoms with van der Waals surface area (Å²) in [5.41, 5.74) is 3.87. The first kappa shape index (κ1) is 23.5. The van der Waals surface area contributed by atoms with Crippen LogP contribution in [0.15, 0.2) is 103 Å². The van der Waals surface area contributed by atoms with E-state index in [2.05, 4.69) is 0 Å². The molecule has 5 nitrogen and oxygen atoms in total. The number of carbonyl (C=O) groups is 2. The summed E-state index contributed by atoms with van der Waals surface area (Å²) in [6.07, 6.45) is 3.21. The number of rotatable bonds is 8. The number of esters is 1. The van der Waals surface area contributed by atoms with Crippen LogP contribution in [0.1, 0.15) is 26.3 Å². The lowest BCUT2D eigenvalue weighted by Gasteiger charge is -2.10. The van der Waals surface area contributed by atoms with Gasteiger partial charge in [0.15, 0.2) is 17.3 Å². The van der Waals surface area contributed by atoms with Crippen LogP contribution in [0, 0.1) is 0 Å². The lowest BCUT2D eigenvalue weighted by molar-refractivity contribution is 0.0729. The van der Waals surface area contributed by atoms with Gasteiger partial charge in [-0.25, -0.2) is 4.79 Å². The number of carbonyl (C=O) groups excluding carboxylic acids is 2. The molecule has 0 aliphatic carbocycles. The average Bonchev–Trinajstić information content (AvgIpc) is 2.92. The molecule has 4 rings (SSSR count). The normalized spacial score (nSPS) is 10.7. The highest BCUT2D eigenvalue weighted by Crippen LogP contribution is 2.29. The zero-order valence-corrected chi connectivity index (χ0v) is 19.4. The molecule has 0 atom stereocenters. The molecular weight excluding hydrogens is 440 g/mol. The number of hydrogen-bond acceptors (Lipinski definition) is 5. The molecule has 0 N–H and O–H groups in total. The van der Waals surface area contributed by atoms with Crippen molar-refractivity contribution in [1.29, 1.82) is 0 Å². The number of hydrogen-bond donors (Lipinski definition) is 0. The fraction of sp³-hybridized carbons (Fsp3) is 0.0667. The van der Waals surface area contributed by atoms with E-state index >= 15 is 0 Å². The summed E-state index contributed by atoms with van der Waals surface area (Å²) >= 11 is 0. The van der Waals surface area contributed by atoms with E-state index in [1.807, 2.05) is 54.6 Å². The summed E-state index contributed by atoms with van der Waals surface area (Å²) in [7, 11) is 3.05. The van der Waals surface area contributed by atoms with Crippen LogP contribution in [0.3, 0.4) is 0 Å². The Morgan fingerprint density at radius 2 is 1.31 bits per heavy atom. The number of methoxy groups -OCH3 is 2. The van der Waals surface area contributed by atoms with Crippen LogP contribution in [0.2, 0.25) is 0 Å². The van der Waals surface area contributed by atoms with Crippen molar-refractivity contribution in [2.24, 2.45) is 0 Å². The van der Waals surface area contributed by atoms with Gasteiger partial charge in [0.05, 0.1) is 19.8 Å². The maximum atomic E-state index is 12.6. The van der Waals surface area contributed by atoms with Gasteiger partial charge >= 0.3 is 5.97 Å². The van der Waals surface area contributed by atoms with Gasteiger partial charge < -0.3 is 14.2 Å². The molecule has 0 aliphatic rings. The third-order valence-electron chi connectivity index (χ3n) is 5.42. The Morgan fingerprint density at radius 3 is 1.97 bits per heavy atom. The minimum Gasteiger partial charge on any atom is -0.497 e.